The predicted octanol–water partition coefficient (Wildman–Crippen LogP) is 3.75. The van der Waals surface area contributed by atoms with Gasteiger partial charge in [-0.15, -0.1) is 0 Å². The van der Waals surface area contributed by atoms with Crippen LogP contribution < -0.4 is 0 Å². The molecular weight excluding hydrogens is 200 g/mol. The summed E-state index contributed by atoms with van der Waals surface area (Å²) in [4.78, 5) is 1.94. The van der Waals surface area contributed by atoms with Crippen molar-refractivity contribution >= 4 is 21.5 Å². The van der Waals surface area contributed by atoms with E-state index in [0.29, 0.717) is 0 Å². The summed E-state index contributed by atoms with van der Waals surface area (Å²) in [6, 6.07) is 8.50. The highest BCUT2D eigenvalue weighted by Gasteiger charge is 1.92. The summed E-state index contributed by atoms with van der Waals surface area (Å²) in [7, 11) is 0. The summed E-state index contributed by atoms with van der Waals surface area (Å²) < 4.78 is 0. The second-order valence-corrected chi connectivity index (χ2v) is 3.12. The van der Waals surface area contributed by atoms with Crippen molar-refractivity contribution in [2.75, 3.05) is 0 Å². The number of rotatable bonds is 1. The number of benzene rings is 1. The van der Waals surface area contributed by atoms with Crippen molar-refractivity contribution in [1.82, 2.24) is 0 Å². The van der Waals surface area contributed by atoms with Gasteiger partial charge in [0.1, 0.15) is 0 Å². The Kier molecular flexibility index (Phi) is 2.89. The van der Waals surface area contributed by atoms with E-state index in [1.165, 1.54) is 16.7 Å². The lowest BCUT2D eigenvalue weighted by molar-refractivity contribution is 1.45. The third-order valence-corrected chi connectivity index (χ3v) is 2.36. The molecule has 0 nitrogen and oxygen atoms in total. The van der Waals surface area contributed by atoms with E-state index in [9.17, 15) is 0 Å². The third-order valence-electron chi connectivity index (χ3n) is 1.67. The zero-order chi connectivity index (χ0) is 8.27. The first kappa shape index (κ1) is 8.54. The van der Waals surface area contributed by atoms with Gasteiger partial charge in [0, 0.05) is 0 Å². The summed E-state index contributed by atoms with van der Waals surface area (Å²) in [6.45, 7) is 4.18. The Morgan fingerprint density at radius 3 is 2.27 bits per heavy atom. The first-order valence-corrected chi connectivity index (χ1v) is 4.49. The summed E-state index contributed by atoms with van der Waals surface area (Å²) >= 11 is 3.31. The molecule has 0 aliphatic rings. The molecule has 1 rings (SSSR count). The SMILES string of the molecule is C/C(=C\Br)c1ccc(C)cc1. The van der Waals surface area contributed by atoms with Crippen LogP contribution in [-0.2, 0) is 0 Å². The second-order valence-electron chi connectivity index (χ2n) is 2.66. The lowest BCUT2D eigenvalue weighted by atomic mass is 10.1. The highest BCUT2D eigenvalue weighted by Crippen LogP contribution is 2.15. The molecule has 0 N–H and O–H groups in total. The Labute approximate surface area is 76.1 Å². The fourth-order valence-corrected chi connectivity index (χ4v) is 1.14. The van der Waals surface area contributed by atoms with Gasteiger partial charge >= 0.3 is 0 Å². The lowest BCUT2D eigenvalue weighted by Crippen LogP contribution is -1.77. The highest BCUT2D eigenvalue weighted by molar-refractivity contribution is 9.11. The van der Waals surface area contributed by atoms with Gasteiger partial charge in [-0.1, -0.05) is 45.8 Å². The maximum atomic E-state index is 3.31. The minimum absolute atomic E-state index is 1.25. The number of hydrogen-bond acceptors (Lipinski definition) is 0. The summed E-state index contributed by atoms with van der Waals surface area (Å²) in [5.74, 6) is 0. The number of hydrogen-bond donors (Lipinski definition) is 0. The molecule has 0 saturated carbocycles. The van der Waals surface area contributed by atoms with Crippen molar-refractivity contribution in [1.29, 1.82) is 0 Å². The molecule has 0 saturated heterocycles. The third kappa shape index (κ3) is 2.19. The van der Waals surface area contributed by atoms with E-state index in [0.717, 1.165) is 0 Å². The first-order chi connectivity index (χ1) is 5.24. The molecule has 11 heavy (non-hydrogen) atoms. The summed E-state index contributed by atoms with van der Waals surface area (Å²) in [5.41, 5.74) is 3.83. The van der Waals surface area contributed by atoms with Crippen molar-refractivity contribution in [2.45, 2.75) is 13.8 Å². The monoisotopic (exact) mass is 210 g/mol. The van der Waals surface area contributed by atoms with Crippen molar-refractivity contribution in [3.63, 3.8) is 0 Å². The molecule has 0 aliphatic carbocycles. The molecule has 0 fully saturated rings. The molecular formula is C10H11Br. The van der Waals surface area contributed by atoms with Crippen LogP contribution in [0.2, 0.25) is 0 Å². The molecule has 1 heteroatoms. The molecule has 0 radical (unpaired) electrons. The fraction of sp³-hybridized carbons (Fsp3) is 0.200. The Balaban J connectivity index is 2.99. The van der Waals surface area contributed by atoms with Gasteiger partial charge in [0.05, 0.1) is 0 Å². The standard InChI is InChI=1S/C10H11Br/c1-8-3-5-10(6-4-8)9(2)7-11/h3-7H,1-2H3/b9-7+. The smallest absolute Gasteiger partial charge is 0.0154 e. The van der Waals surface area contributed by atoms with E-state index in [1.54, 1.807) is 0 Å². The van der Waals surface area contributed by atoms with E-state index >= 15 is 0 Å². The van der Waals surface area contributed by atoms with E-state index in [-0.39, 0.29) is 0 Å². The molecule has 0 aliphatic heterocycles. The Hall–Kier alpha value is -0.560. The number of allylic oxidation sites excluding steroid dienone is 1. The molecule has 0 aromatic heterocycles. The van der Waals surface area contributed by atoms with Crippen molar-refractivity contribution < 1.29 is 0 Å². The van der Waals surface area contributed by atoms with Gasteiger partial charge in [0.2, 0.25) is 0 Å². The van der Waals surface area contributed by atoms with Gasteiger partial charge in [-0.2, -0.15) is 0 Å². The first-order valence-electron chi connectivity index (χ1n) is 3.58. The largest absolute Gasteiger partial charge is 0.0592 e. The summed E-state index contributed by atoms with van der Waals surface area (Å²) in [5, 5.41) is 0. The molecule has 0 atom stereocenters. The lowest BCUT2D eigenvalue weighted by Gasteiger charge is -1.99. The van der Waals surface area contributed by atoms with E-state index in [4.69, 9.17) is 0 Å². The Morgan fingerprint density at radius 1 is 1.27 bits per heavy atom. The second kappa shape index (κ2) is 3.72. The maximum Gasteiger partial charge on any atom is -0.0154 e. The normalized spacial score (nSPS) is 11.7. The molecule has 0 spiro atoms. The van der Waals surface area contributed by atoms with Crippen LogP contribution in [-0.4, -0.2) is 0 Å². The van der Waals surface area contributed by atoms with E-state index in [2.05, 4.69) is 54.0 Å². The van der Waals surface area contributed by atoms with Gasteiger partial charge in [0.15, 0.2) is 0 Å². The topological polar surface area (TPSA) is 0 Å². The average molecular weight is 211 g/mol. The highest BCUT2D eigenvalue weighted by atomic mass is 79.9. The van der Waals surface area contributed by atoms with Crippen LogP contribution in [0.1, 0.15) is 18.1 Å². The van der Waals surface area contributed by atoms with Gasteiger partial charge < -0.3 is 0 Å². The molecule has 1 aromatic carbocycles. The molecule has 0 unspecified atom stereocenters. The van der Waals surface area contributed by atoms with Crippen LogP contribution >= 0.6 is 15.9 Å². The zero-order valence-electron chi connectivity index (χ0n) is 6.76. The quantitative estimate of drug-likeness (QED) is 0.663. The summed E-state index contributed by atoms with van der Waals surface area (Å²) in [6.07, 6.45) is 0. The minimum atomic E-state index is 1.25. The van der Waals surface area contributed by atoms with Gasteiger partial charge in [-0.05, 0) is 30.0 Å². The number of aryl methyl sites for hydroxylation is 1. The molecule has 0 amide bonds. The molecule has 0 bridgehead atoms. The minimum Gasteiger partial charge on any atom is -0.0592 e. The Morgan fingerprint density at radius 2 is 1.82 bits per heavy atom. The van der Waals surface area contributed by atoms with Gasteiger partial charge in [0.25, 0.3) is 0 Å². The van der Waals surface area contributed by atoms with Crippen molar-refractivity contribution in [3.05, 3.63) is 40.4 Å². The average Bonchev–Trinajstić information content (AvgIpc) is 2.05. The van der Waals surface area contributed by atoms with Gasteiger partial charge in [-0.3, -0.25) is 0 Å². The Bertz CT molecular complexity index is 257. The predicted molar refractivity (Wildman–Crippen MR) is 53.8 cm³/mol. The maximum absolute atomic E-state index is 3.31. The van der Waals surface area contributed by atoms with Crippen LogP contribution in [0, 0.1) is 6.92 Å². The van der Waals surface area contributed by atoms with Crippen LogP contribution in [0.3, 0.4) is 0 Å². The van der Waals surface area contributed by atoms with Crippen LogP contribution in [0.25, 0.3) is 5.57 Å². The van der Waals surface area contributed by atoms with Crippen LogP contribution in [0.15, 0.2) is 29.3 Å². The van der Waals surface area contributed by atoms with Crippen LogP contribution in [0.4, 0.5) is 0 Å². The van der Waals surface area contributed by atoms with Gasteiger partial charge in [-0.25, -0.2) is 0 Å². The van der Waals surface area contributed by atoms with Crippen molar-refractivity contribution in [3.8, 4) is 0 Å². The zero-order valence-corrected chi connectivity index (χ0v) is 8.35. The van der Waals surface area contributed by atoms with Crippen LogP contribution in [0.5, 0.6) is 0 Å². The van der Waals surface area contributed by atoms with Crippen molar-refractivity contribution in [2.24, 2.45) is 0 Å². The van der Waals surface area contributed by atoms with E-state index in [1.807, 2.05) is 4.99 Å². The fourth-order valence-electron chi connectivity index (χ4n) is 0.879. The van der Waals surface area contributed by atoms with E-state index < -0.39 is 0 Å². The number of halogens is 1. The molecule has 0 heterocycles. The molecule has 1 aromatic rings. The molecule has 58 valence electrons.